The molecule has 0 aliphatic rings. The first-order valence-electron chi connectivity index (χ1n) is 9.81. The van der Waals surface area contributed by atoms with Gasteiger partial charge in [-0.3, -0.25) is 9.59 Å². The van der Waals surface area contributed by atoms with Crippen molar-refractivity contribution in [3.8, 4) is 0 Å². The number of para-hydroxylation sites is 1. The fraction of sp³-hybridized carbons (Fsp3) is 0.0833. The lowest BCUT2D eigenvalue weighted by Gasteiger charge is -2.12. The van der Waals surface area contributed by atoms with Crippen LogP contribution in [0, 0.1) is 6.92 Å². The summed E-state index contributed by atoms with van der Waals surface area (Å²) in [6.45, 7) is 2.32. The second-order valence-corrected chi connectivity index (χ2v) is 7.04. The number of nitrogens with zero attached hydrogens (tertiary/aromatic N) is 3. The van der Waals surface area contributed by atoms with Gasteiger partial charge in [0.1, 0.15) is 0 Å². The molecule has 31 heavy (non-hydrogen) atoms. The minimum atomic E-state index is -0.386. The Labute approximate surface area is 179 Å². The van der Waals surface area contributed by atoms with Gasteiger partial charge in [-0.1, -0.05) is 59.8 Å². The molecular weight excluding hydrogens is 390 g/mol. The molecule has 3 aromatic carbocycles. The molecule has 0 aliphatic carbocycles. The van der Waals surface area contributed by atoms with Gasteiger partial charge in [-0.05, 0) is 42.3 Å². The highest BCUT2D eigenvalue weighted by molar-refractivity contribution is 6.08. The second-order valence-electron chi connectivity index (χ2n) is 7.04. The SMILES string of the molecule is Cc1c(NC(=O)c2cn(Cc3ccccc3)nn2)cccc1C(=O)Nc1ccccc1. The standard InChI is InChI=1S/C24H21N5O2/c1-17-20(23(30)25-19-11-6-3-7-12-19)13-8-14-21(17)26-24(31)22-16-29(28-27-22)15-18-9-4-2-5-10-18/h2-14,16H,15H2,1H3,(H,25,30)(H,26,31). The molecule has 0 fully saturated rings. The summed E-state index contributed by atoms with van der Waals surface area (Å²) in [5, 5.41) is 13.7. The molecule has 0 saturated carbocycles. The lowest BCUT2D eigenvalue weighted by molar-refractivity contribution is 0.101. The van der Waals surface area contributed by atoms with Crippen LogP contribution in [0.25, 0.3) is 0 Å². The average Bonchev–Trinajstić information content (AvgIpc) is 3.25. The normalized spacial score (nSPS) is 10.5. The Kier molecular flexibility index (Phi) is 5.84. The molecular formula is C24H21N5O2. The van der Waals surface area contributed by atoms with Crippen molar-refractivity contribution in [1.82, 2.24) is 15.0 Å². The molecule has 0 bridgehead atoms. The predicted octanol–water partition coefficient (Wildman–Crippen LogP) is 4.14. The van der Waals surface area contributed by atoms with E-state index in [0.29, 0.717) is 29.0 Å². The van der Waals surface area contributed by atoms with E-state index in [2.05, 4.69) is 20.9 Å². The molecule has 7 heteroatoms. The van der Waals surface area contributed by atoms with E-state index in [1.807, 2.05) is 60.7 Å². The highest BCUT2D eigenvalue weighted by atomic mass is 16.2. The molecule has 4 rings (SSSR count). The Morgan fingerprint density at radius 2 is 1.55 bits per heavy atom. The molecule has 0 radical (unpaired) electrons. The fourth-order valence-corrected chi connectivity index (χ4v) is 3.17. The number of nitrogens with one attached hydrogen (secondary N) is 2. The van der Waals surface area contributed by atoms with Crippen LogP contribution in [0.5, 0.6) is 0 Å². The van der Waals surface area contributed by atoms with Crippen molar-refractivity contribution >= 4 is 23.2 Å². The number of anilines is 2. The summed E-state index contributed by atoms with van der Waals surface area (Å²) in [6, 6.07) is 24.2. The van der Waals surface area contributed by atoms with Gasteiger partial charge in [0.15, 0.2) is 5.69 Å². The summed E-state index contributed by atoms with van der Waals surface area (Å²) >= 11 is 0. The second kappa shape index (κ2) is 9.04. The van der Waals surface area contributed by atoms with Gasteiger partial charge in [-0.15, -0.1) is 5.10 Å². The molecule has 154 valence electrons. The molecule has 0 saturated heterocycles. The summed E-state index contributed by atoms with van der Waals surface area (Å²) < 4.78 is 1.61. The van der Waals surface area contributed by atoms with E-state index in [1.165, 1.54) is 0 Å². The van der Waals surface area contributed by atoms with Crippen LogP contribution in [0.15, 0.2) is 85.1 Å². The third-order valence-electron chi connectivity index (χ3n) is 4.82. The van der Waals surface area contributed by atoms with Gasteiger partial charge in [0.2, 0.25) is 0 Å². The average molecular weight is 411 g/mol. The Balaban J connectivity index is 1.46. The number of benzene rings is 3. The molecule has 4 aromatic rings. The number of amides is 2. The van der Waals surface area contributed by atoms with Crippen LogP contribution in [0.2, 0.25) is 0 Å². The summed E-state index contributed by atoms with van der Waals surface area (Å²) in [7, 11) is 0. The maximum atomic E-state index is 12.7. The number of hydrogen-bond acceptors (Lipinski definition) is 4. The van der Waals surface area contributed by atoms with Crippen molar-refractivity contribution in [2.24, 2.45) is 0 Å². The predicted molar refractivity (Wildman–Crippen MR) is 119 cm³/mol. The Bertz CT molecular complexity index is 1200. The van der Waals surface area contributed by atoms with Gasteiger partial charge in [0, 0.05) is 16.9 Å². The summed E-state index contributed by atoms with van der Waals surface area (Å²) in [5.41, 5.74) is 3.66. The zero-order valence-corrected chi connectivity index (χ0v) is 16.9. The van der Waals surface area contributed by atoms with Gasteiger partial charge < -0.3 is 10.6 Å². The molecule has 0 unspecified atom stereocenters. The Morgan fingerprint density at radius 3 is 2.29 bits per heavy atom. The smallest absolute Gasteiger partial charge is 0.277 e. The highest BCUT2D eigenvalue weighted by Gasteiger charge is 2.16. The quantitative estimate of drug-likeness (QED) is 0.499. The zero-order chi connectivity index (χ0) is 21.6. The minimum Gasteiger partial charge on any atom is -0.322 e. The topological polar surface area (TPSA) is 88.9 Å². The Morgan fingerprint density at radius 1 is 0.839 bits per heavy atom. The highest BCUT2D eigenvalue weighted by Crippen LogP contribution is 2.21. The van der Waals surface area contributed by atoms with Crippen molar-refractivity contribution in [2.45, 2.75) is 13.5 Å². The third-order valence-corrected chi connectivity index (χ3v) is 4.82. The Hall–Kier alpha value is -4.26. The van der Waals surface area contributed by atoms with Crippen LogP contribution in [0.4, 0.5) is 11.4 Å². The first kappa shape index (κ1) is 20.0. The third kappa shape index (κ3) is 4.84. The van der Waals surface area contributed by atoms with Crippen molar-refractivity contribution in [3.05, 3.63) is 107 Å². The van der Waals surface area contributed by atoms with Crippen LogP contribution < -0.4 is 10.6 Å². The lowest BCUT2D eigenvalue weighted by atomic mass is 10.1. The molecule has 2 amide bonds. The molecule has 0 spiro atoms. The largest absolute Gasteiger partial charge is 0.322 e. The van der Waals surface area contributed by atoms with Gasteiger partial charge in [-0.25, -0.2) is 4.68 Å². The zero-order valence-electron chi connectivity index (χ0n) is 16.9. The molecule has 7 nitrogen and oxygen atoms in total. The van der Waals surface area contributed by atoms with E-state index in [0.717, 1.165) is 5.56 Å². The van der Waals surface area contributed by atoms with E-state index < -0.39 is 0 Å². The van der Waals surface area contributed by atoms with Gasteiger partial charge in [0.25, 0.3) is 11.8 Å². The van der Waals surface area contributed by atoms with Crippen LogP contribution in [0.3, 0.4) is 0 Å². The van der Waals surface area contributed by atoms with Gasteiger partial charge in [0.05, 0.1) is 12.7 Å². The number of rotatable bonds is 6. The van der Waals surface area contributed by atoms with Crippen LogP contribution in [-0.4, -0.2) is 26.8 Å². The van der Waals surface area contributed by atoms with Crippen molar-refractivity contribution < 1.29 is 9.59 Å². The molecule has 1 heterocycles. The minimum absolute atomic E-state index is 0.203. The van der Waals surface area contributed by atoms with Gasteiger partial charge in [-0.2, -0.15) is 0 Å². The van der Waals surface area contributed by atoms with E-state index in [-0.39, 0.29) is 17.5 Å². The summed E-state index contributed by atoms with van der Waals surface area (Å²) in [4.78, 5) is 25.3. The lowest BCUT2D eigenvalue weighted by Crippen LogP contribution is -2.17. The number of hydrogen-bond donors (Lipinski definition) is 2. The van der Waals surface area contributed by atoms with E-state index in [9.17, 15) is 9.59 Å². The van der Waals surface area contributed by atoms with Crippen molar-refractivity contribution in [2.75, 3.05) is 10.6 Å². The van der Waals surface area contributed by atoms with E-state index >= 15 is 0 Å². The number of carbonyl (C=O) groups is 2. The van der Waals surface area contributed by atoms with Crippen LogP contribution in [0.1, 0.15) is 32.0 Å². The first-order valence-corrected chi connectivity index (χ1v) is 9.81. The van der Waals surface area contributed by atoms with Crippen molar-refractivity contribution in [1.29, 1.82) is 0 Å². The fourth-order valence-electron chi connectivity index (χ4n) is 3.17. The molecule has 2 N–H and O–H groups in total. The van der Waals surface area contributed by atoms with Crippen molar-refractivity contribution in [3.63, 3.8) is 0 Å². The summed E-state index contributed by atoms with van der Waals surface area (Å²) in [5.74, 6) is -0.628. The van der Waals surface area contributed by atoms with Crippen LogP contribution >= 0.6 is 0 Å². The molecule has 1 aromatic heterocycles. The first-order chi connectivity index (χ1) is 15.1. The van der Waals surface area contributed by atoms with Crippen LogP contribution in [-0.2, 0) is 6.54 Å². The van der Waals surface area contributed by atoms with E-state index in [4.69, 9.17) is 0 Å². The number of carbonyl (C=O) groups excluding carboxylic acids is 2. The summed E-state index contributed by atoms with van der Waals surface area (Å²) in [6.07, 6.45) is 1.60. The van der Waals surface area contributed by atoms with Gasteiger partial charge >= 0.3 is 0 Å². The molecule has 0 atom stereocenters. The maximum absolute atomic E-state index is 12.7. The maximum Gasteiger partial charge on any atom is 0.277 e. The number of aromatic nitrogens is 3. The van der Waals surface area contributed by atoms with E-state index in [1.54, 1.807) is 36.0 Å². The monoisotopic (exact) mass is 411 g/mol. The molecule has 0 aliphatic heterocycles.